The summed E-state index contributed by atoms with van der Waals surface area (Å²) in [5.74, 6) is -0.113. The normalized spacial score (nSPS) is 20.8. The van der Waals surface area contributed by atoms with Crippen LogP contribution in [0.2, 0.25) is 0 Å². The molecule has 2 N–H and O–H groups in total. The number of aromatic amines is 1. The number of carbonyl (C=O) groups excluding carboxylic acids is 1. The number of H-pyrrole nitrogens is 1. The molecule has 1 amide bonds. The summed E-state index contributed by atoms with van der Waals surface area (Å²) >= 11 is 0. The molecule has 0 aliphatic carbocycles. The number of carbonyl (C=O) groups is 1. The zero-order valence-corrected chi connectivity index (χ0v) is 14.7. The predicted octanol–water partition coefficient (Wildman–Crippen LogP) is 3.46. The Labute approximate surface area is 151 Å². The van der Waals surface area contributed by atoms with E-state index in [1.54, 1.807) is 0 Å². The second kappa shape index (κ2) is 5.29. The average Bonchev–Trinajstić information content (AvgIpc) is 3.13. The third-order valence-electron chi connectivity index (χ3n) is 5.47. The van der Waals surface area contributed by atoms with Gasteiger partial charge in [-0.1, -0.05) is 30.3 Å². The monoisotopic (exact) mass is 345 g/mol. The first-order valence-electron chi connectivity index (χ1n) is 8.81. The van der Waals surface area contributed by atoms with Crippen LogP contribution in [-0.4, -0.2) is 22.7 Å². The maximum Gasteiger partial charge on any atom is 0.266 e. The largest absolute Gasteiger partial charge is 0.355 e. The van der Waals surface area contributed by atoms with Gasteiger partial charge >= 0.3 is 0 Å². The minimum atomic E-state index is -1.06. The molecule has 5 heteroatoms. The van der Waals surface area contributed by atoms with E-state index in [9.17, 15) is 4.79 Å². The van der Waals surface area contributed by atoms with Gasteiger partial charge < -0.3 is 10.1 Å². The van der Waals surface area contributed by atoms with Crippen molar-refractivity contribution in [3.63, 3.8) is 0 Å². The number of rotatable bonds is 1. The number of nitrogens with zero attached hydrogens (tertiary/aromatic N) is 1. The second-order valence-corrected chi connectivity index (χ2v) is 6.96. The van der Waals surface area contributed by atoms with Crippen LogP contribution in [0.1, 0.15) is 28.1 Å². The Morgan fingerprint density at radius 1 is 1.12 bits per heavy atom. The highest BCUT2D eigenvalue weighted by atomic mass is 16.5. The van der Waals surface area contributed by atoms with Crippen LogP contribution in [0.25, 0.3) is 11.1 Å². The van der Waals surface area contributed by atoms with Crippen molar-refractivity contribution in [1.82, 2.24) is 10.2 Å². The van der Waals surface area contributed by atoms with E-state index in [2.05, 4.69) is 27.6 Å². The highest BCUT2D eigenvalue weighted by Gasteiger charge is 2.52. The van der Waals surface area contributed by atoms with E-state index in [0.717, 1.165) is 45.7 Å². The molecule has 1 atom stereocenters. The summed E-state index contributed by atoms with van der Waals surface area (Å²) in [5, 5.41) is 10.4. The second-order valence-electron chi connectivity index (χ2n) is 6.96. The van der Waals surface area contributed by atoms with Gasteiger partial charge in [0.2, 0.25) is 0 Å². The lowest BCUT2D eigenvalue weighted by molar-refractivity contribution is -0.137. The minimum Gasteiger partial charge on any atom is -0.355 e. The molecule has 2 aromatic carbocycles. The Kier molecular flexibility index (Phi) is 3.12. The van der Waals surface area contributed by atoms with Gasteiger partial charge in [0, 0.05) is 28.1 Å². The zero-order valence-electron chi connectivity index (χ0n) is 14.7. The van der Waals surface area contributed by atoms with Crippen LogP contribution < -0.4 is 5.32 Å². The number of fused-ring (bicyclic) bond motifs is 4. The van der Waals surface area contributed by atoms with Gasteiger partial charge in [0.25, 0.3) is 5.91 Å². The van der Waals surface area contributed by atoms with Crippen molar-refractivity contribution in [2.75, 3.05) is 11.9 Å². The van der Waals surface area contributed by atoms with Crippen molar-refractivity contribution in [3.8, 4) is 11.1 Å². The van der Waals surface area contributed by atoms with Crippen molar-refractivity contribution in [2.24, 2.45) is 0 Å². The fraction of sp³-hybridized carbons (Fsp3) is 0.238. The molecule has 26 heavy (non-hydrogen) atoms. The molecule has 1 spiro atoms. The van der Waals surface area contributed by atoms with Crippen LogP contribution in [0.4, 0.5) is 5.69 Å². The number of hydrogen-bond acceptors (Lipinski definition) is 3. The Morgan fingerprint density at radius 3 is 2.77 bits per heavy atom. The van der Waals surface area contributed by atoms with Gasteiger partial charge in [-0.25, -0.2) is 0 Å². The fourth-order valence-corrected chi connectivity index (χ4v) is 4.29. The van der Waals surface area contributed by atoms with Crippen LogP contribution in [0, 0.1) is 13.8 Å². The predicted molar refractivity (Wildman–Crippen MR) is 99.0 cm³/mol. The SMILES string of the molecule is Cc1n[nH]c(C)c1-c1ccc2c(c1)C1(OCCc3ccccc31)C(=O)N2. The zero-order chi connectivity index (χ0) is 17.9. The topological polar surface area (TPSA) is 67.0 Å². The van der Waals surface area contributed by atoms with E-state index < -0.39 is 5.60 Å². The van der Waals surface area contributed by atoms with E-state index in [1.807, 2.05) is 44.2 Å². The van der Waals surface area contributed by atoms with Gasteiger partial charge in [0.05, 0.1) is 12.3 Å². The van der Waals surface area contributed by atoms with Crippen LogP contribution >= 0.6 is 0 Å². The molecule has 2 aliphatic rings. The van der Waals surface area contributed by atoms with Gasteiger partial charge in [-0.05, 0) is 43.5 Å². The molecule has 1 unspecified atom stereocenters. The summed E-state index contributed by atoms with van der Waals surface area (Å²) in [4.78, 5) is 13.0. The molecule has 0 saturated heterocycles. The molecule has 5 rings (SSSR count). The lowest BCUT2D eigenvalue weighted by Gasteiger charge is -2.34. The first-order valence-corrected chi connectivity index (χ1v) is 8.81. The van der Waals surface area contributed by atoms with Crippen molar-refractivity contribution < 1.29 is 9.53 Å². The van der Waals surface area contributed by atoms with Crippen LogP contribution in [0.5, 0.6) is 0 Å². The molecule has 5 nitrogen and oxygen atoms in total. The lowest BCUT2D eigenvalue weighted by atomic mass is 9.81. The third kappa shape index (κ3) is 1.89. The minimum absolute atomic E-state index is 0.113. The molecule has 0 bridgehead atoms. The van der Waals surface area contributed by atoms with Crippen LogP contribution in [0.3, 0.4) is 0 Å². The molecular formula is C21H19N3O2. The standard InChI is InChI=1S/C21H19N3O2/c1-12-19(13(2)24-23-12)15-7-8-18-17(11-15)21(20(25)22-18)16-6-4-3-5-14(16)9-10-26-21/h3-8,11H,9-10H2,1-2H3,(H,22,25)(H,23,24). The molecular weight excluding hydrogens is 326 g/mol. The molecule has 1 aromatic heterocycles. The first-order chi connectivity index (χ1) is 12.6. The van der Waals surface area contributed by atoms with Crippen LogP contribution in [-0.2, 0) is 21.6 Å². The van der Waals surface area contributed by atoms with E-state index in [1.165, 1.54) is 5.56 Å². The number of aryl methyl sites for hydroxylation is 2. The Morgan fingerprint density at radius 2 is 1.96 bits per heavy atom. The smallest absolute Gasteiger partial charge is 0.266 e. The quantitative estimate of drug-likeness (QED) is 0.710. The van der Waals surface area contributed by atoms with Gasteiger partial charge in [-0.15, -0.1) is 0 Å². The molecule has 3 heterocycles. The molecule has 0 radical (unpaired) electrons. The Hall–Kier alpha value is -2.92. The first kappa shape index (κ1) is 15.3. The number of ether oxygens (including phenoxy) is 1. The van der Waals surface area contributed by atoms with Gasteiger partial charge in [-0.3, -0.25) is 9.89 Å². The lowest BCUT2D eigenvalue weighted by Crippen LogP contribution is -2.42. The summed E-state index contributed by atoms with van der Waals surface area (Å²) in [6.45, 7) is 4.52. The maximum absolute atomic E-state index is 13.0. The summed E-state index contributed by atoms with van der Waals surface area (Å²) in [6, 6.07) is 14.1. The van der Waals surface area contributed by atoms with Gasteiger partial charge in [-0.2, -0.15) is 5.10 Å². The van der Waals surface area contributed by atoms with E-state index >= 15 is 0 Å². The maximum atomic E-state index is 13.0. The summed E-state index contributed by atoms with van der Waals surface area (Å²) < 4.78 is 6.19. The fourth-order valence-electron chi connectivity index (χ4n) is 4.29. The molecule has 3 aromatic rings. The molecule has 0 fully saturated rings. The van der Waals surface area contributed by atoms with Crippen molar-refractivity contribution in [1.29, 1.82) is 0 Å². The van der Waals surface area contributed by atoms with Crippen LogP contribution in [0.15, 0.2) is 42.5 Å². The van der Waals surface area contributed by atoms with Gasteiger partial charge in [0.1, 0.15) is 0 Å². The van der Waals surface area contributed by atoms with E-state index in [0.29, 0.717) is 6.61 Å². The highest BCUT2D eigenvalue weighted by molar-refractivity contribution is 6.08. The Balaban J connectivity index is 1.76. The summed E-state index contributed by atoms with van der Waals surface area (Å²) in [5.41, 5.74) is 6.81. The third-order valence-corrected chi connectivity index (χ3v) is 5.47. The van der Waals surface area contributed by atoms with Crippen molar-refractivity contribution in [2.45, 2.75) is 25.9 Å². The molecule has 2 aliphatic heterocycles. The van der Waals surface area contributed by atoms with Crippen molar-refractivity contribution in [3.05, 3.63) is 70.5 Å². The summed E-state index contributed by atoms with van der Waals surface area (Å²) in [6.07, 6.45) is 0.820. The van der Waals surface area contributed by atoms with Crippen molar-refractivity contribution >= 4 is 11.6 Å². The number of anilines is 1. The highest BCUT2D eigenvalue weighted by Crippen LogP contribution is 2.48. The molecule has 0 saturated carbocycles. The Bertz CT molecular complexity index is 1030. The van der Waals surface area contributed by atoms with E-state index in [4.69, 9.17) is 4.74 Å². The number of nitrogens with one attached hydrogen (secondary N) is 2. The number of amides is 1. The number of hydrogen-bond donors (Lipinski definition) is 2. The summed E-state index contributed by atoms with van der Waals surface area (Å²) in [7, 11) is 0. The number of benzene rings is 2. The average molecular weight is 345 g/mol. The molecule has 130 valence electrons. The number of aromatic nitrogens is 2. The van der Waals surface area contributed by atoms with Gasteiger partial charge in [0.15, 0.2) is 5.60 Å². The van der Waals surface area contributed by atoms with E-state index in [-0.39, 0.29) is 5.91 Å².